The Bertz CT molecular complexity index is 377. The lowest BCUT2D eigenvalue weighted by Gasteiger charge is -2.37. The van der Waals surface area contributed by atoms with Crippen LogP contribution in [0.15, 0.2) is 30.3 Å². The van der Waals surface area contributed by atoms with E-state index in [2.05, 4.69) is 29.2 Å². The second-order valence-electron chi connectivity index (χ2n) is 5.50. The molecular weight excluding hydrogens is 226 g/mol. The molecule has 1 saturated heterocycles. The molecule has 3 rings (SSSR count). The first-order valence-electron chi connectivity index (χ1n) is 6.88. The number of nitrogens with zero attached hydrogens (tertiary/aromatic N) is 1. The lowest BCUT2D eigenvalue weighted by atomic mass is 10.1. The highest BCUT2D eigenvalue weighted by atomic mass is 16.5. The first kappa shape index (κ1) is 12.2. The van der Waals surface area contributed by atoms with Crippen LogP contribution in [0.5, 0.6) is 0 Å². The monoisotopic (exact) mass is 247 g/mol. The van der Waals surface area contributed by atoms with E-state index in [1.165, 1.54) is 18.4 Å². The second kappa shape index (κ2) is 5.39. The lowest BCUT2D eigenvalue weighted by Crippen LogP contribution is -2.49. The number of ether oxygens (including phenoxy) is 1. The Balaban J connectivity index is 1.63. The van der Waals surface area contributed by atoms with E-state index < -0.39 is 0 Å². The Morgan fingerprint density at radius 2 is 1.94 bits per heavy atom. The third-order valence-electron chi connectivity index (χ3n) is 3.87. The van der Waals surface area contributed by atoms with Crippen molar-refractivity contribution in [3.8, 4) is 0 Å². The van der Waals surface area contributed by atoms with E-state index in [-0.39, 0.29) is 12.7 Å². The van der Waals surface area contributed by atoms with Crippen LogP contribution in [0.2, 0.25) is 0 Å². The minimum Gasteiger partial charge on any atom is -0.394 e. The summed E-state index contributed by atoms with van der Waals surface area (Å²) >= 11 is 0. The van der Waals surface area contributed by atoms with Gasteiger partial charge in [0, 0.05) is 19.6 Å². The van der Waals surface area contributed by atoms with Gasteiger partial charge in [-0.15, -0.1) is 0 Å². The van der Waals surface area contributed by atoms with E-state index >= 15 is 0 Å². The molecule has 1 aliphatic heterocycles. The van der Waals surface area contributed by atoms with Crippen molar-refractivity contribution in [2.24, 2.45) is 5.92 Å². The molecular formula is C15H21NO2. The van der Waals surface area contributed by atoms with Crippen LogP contribution in [0.25, 0.3) is 0 Å². The van der Waals surface area contributed by atoms with Crippen molar-refractivity contribution in [2.75, 3.05) is 19.7 Å². The van der Waals surface area contributed by atoms with Crippen molar-refractivity contribution < 1.29 is 9.84 Å². The van der Waals surface area contributed by atoms with Gasteiger partial charge >= 0.3 is 0 Å². The number of aliphatic hydroxyl groups excluding tert-OH is 1. The quantitative estimate of drug-likeness (QED) is 0.878. The Morgan fingerprint density at radius 1 is 1.17 bits per heavy atom. The summed E-state index contributed by atoms with van der Waals surface area (Å²) in [4.78, 5) is 2.42. The van der Waals surface area contributed by atoms with E-state index in [1.54, 1.807) is 0 Å². The van der Waals surface area contributed by atoms with Gasteiger partial charge in [0.05, 0.1) is 18.8 Å². The summed E-state index contributed by atoms with van der Waals surface area (Å²) < 4.78 is 5.94. The minimum atomic E-state index is -0.00642. The molecule has 1 heterocycles. The molecule has 0 spiro atoms. The SMILES string of the molecule is OCC1CN(Cc2ccccc2)CC(C2CC2)O1. The summed E-state index contributed by atoms with van der Waals surface area (Å²) in [5.41, 5.74) is 1.34. The summed E-state index contributed by atoms with van der Waals surface area (Å²) in [5.74, 6) is 0.734. The zero-order valence-corrected chi connectivity index (χ0v) is 10.7. The highest BCUT2D eigenvalue weighted by Crippen LogP contribution is 2.36. The summed E-state index contributed by atoms with van der Waals surface area (Å²) in [6, 6.07) is 10.5. The minimum absolute atomic E-state index is 0.00642. The third kappa shape index (κ3) is 2.91. The molecule has 0 amide bonds. The fraction of sp³-hybridized carbons (Fsp3) is 0.600. The molecule has 0 bridgehead atoms. The van der Waals surface area contributed by atoms with Crippen LogP contribution >= 0.6 is 0 Å². The van der Waals surface area contributed by atoms with Gasteiger partial charge in [0.2, 0.25) is 0 Å². The van der Waals surface area contributed by atoms with Crippen molar-refractivity contribution in [1.82, 2.24) is 4.90 Å². The number of benzene rings is 1. The Morgan fingerprint density at radius 3 is 2.61 bits per heavy atom. The van der Waals surface area contributed by atoms with Crippen molar-refractivity contribution in [2.45, 2.75) is 31.6 Å². The average Bonchev–Trinajstić information content (AvgIpc) is 3.24. The van der Waals surface area contributed by atoms with Crippen LogP contribution in [0, 0.1) is 5.92 Å². The molecule has 1 saturated carbocycles. The van der Waals surface area contributed by atoms with E-state index in [0.717, 1.165) is 25.6 Å². The van der Waals surface area contributed by atoms with Crippen molar-refractivity contribution in [3.63, 3.8) is 0 Å². The first-order valence-corrected chi connectivity index (χ1v) is 6.88. The summed E-state index contributed by atoms with van der Waals surface area (Å²) in [6.07, 6.45) is 2.91. The van der Waals surface area contributed by atoms with Crippen LogP contribution in [0.1, 0.15) is 18.4 Å². The van der Waals surface area contributed by atoms with Gasteiger partial charge in [0.25, 0.3) is 0 Å². The molecule has 1 aromatic rings. The average molecular weight is 247 g/mol. The van der Waals surface area contributed by atoms with Gasteiger partial charge in [0.1, 0.15) is 0 Å². The number of aliphatic hydroxyl groups is 1. The number of rotatable bonds is 4. The van der Waals surface area contributed by atoms with Gasteiger partial charge in [-0.25, -0.2) is 0 Å². The summed E-state index contributed by atoms with van der Waals surface area (Å²) in [7, 11) is 0. The maximum absolute atomic E-state index is 9.34. The van der Waals surface area contributed by atoms with Gasteiger partial charge in [-0.1, -0.05) is 30.3 Å². The van der Waals surface area contributed by atoms with Crippen LogP contribution in [-0.4, -0.2) is 41.9 Å². The number of morpholine rings is 1. The Hall–Kier alpha value is -0.900. The molecule has 1 aliphatic carbocycles. The molecule has 2 atom stereocenters. The standard InChI is InChI=1S/C15H21NO2/c17-11-14-9-16(8-12-4-2-1-3-5-12)10-15(18-14)13-6-7-13/h1-5,13-15,17H,6-11H2. The molecule has 0 aromatic heterocycles. The molecule has 2 fully saturated rings. The zero-order valence-electron chi connectivity index (χ0n) is 10.7. The van der Waals surface area contributed by atoms with Crippen LogP contribution in [0.3, 0.4) is 0 Å². The van der Waals surface area contributed by atoms with Crippen molar-refractivity contribution in [3.05, 3.63) is 35.9 Å². The first-order chi connectivity index (χ1) is 8.85. The normalized spacial score (nSPS) is 29.4. The predicted molar refractivity (Wildman–Crippen MR) is 70.2 cm³/mol. The van der Waals surface area contributed by atoms with Crippen LogP contribution in [-0.2, 0) is 11.3 Å². The molecule has 1 N–H and O–H groups in total. The largest absolute Gasteiger partial charge is 0.394 e. The molecule has 2 unspecified atom stereocenters. The maximum Gasteiger partial charge on any atom is 0.0936 e. The maximum atomic E-state index is 9.34. The summed E-state index contributed by atoms with van der Waals surface area (Å²) in [6.45, 7) is 2.95. The molecule has 3 nitrogen and oxygen atoms in total. The second-order valence-corrected chi connectivity index (χ2v) is 5.50. The van der Waals surface area contributed by atoms with E-state index in [4.69, 9.17) is 4.74 Å². The van der Waals surface area contributed by atoms with Crippen LogP contribution in [0.4, 0.5) is 0 Å². The fourth-order valence-corrected chi connectivity index (χ4v) is 2.75. The number of hydrogen-bond acceptors (Lipinski definition) is 3. The third-order valence-corrected chi connectivity index (χ3v) is 3.87. The molecule has 18 heavy (non-hydrogen) atoms. The van der Waals surface area contributed by atoms with Crippen LogP contribution < -0.4 is 0 Å². The smallest absolute Gasteiger partial charge is 0.0936 e. The predicted octanol–water partition coefficient (Wildman–Crippen LogP) is 1.66. The fourth-order valence-electron chi connectivity index (χ4n) is 2.75. The zero-order chi connectivity index (χ0) is 12.4. The topological polar surface area (TPSA) is 32.7 Å². The van der Waals surface area contributed by atoms with E-state index in [1.807, 2.05) is 6.07 Å². The Labute approximate surface area is 108 Å². The molecule has 1 aromatic carbocycles. The van der Waals surface area contributed by atoms with Gasteiger partial charge < -0.3 is 9.84 Å². The molecule has 2 aliphatic rings. The van der Waals surface area contributed by atoms with Gasteiger partial charge in [-0.3, -0.25) is 4.90 Å². The highest BCUT2D eigenvalue weighted by Gasteiger charge is 2.38. The van der Waals surface area contributed by atoms with Crippen molar-refractivity contribution in [1.29, 1.82) is 0 Å². The number of hydrogen-bond donors (Lipinski definition) is 1. The molecule has 0 radical (unpaired) electrons. The van der Waals surface area contributed by atoms with Crippen molar-refractivity contribution >= 4 is 0 Å². The highest BCUT2D eigenvalue weighted by molar-refractivity contribution is 5.14. The van der Waals surface area contributed by atoms with Gasteiger partial charge in [0.15, 0.2) is 0 Å². The Kier molecular flexibility index (Phi) is 3.64. The van der Waals surface area contributed by atoms with Gasteiger partial charge in [-0.05, 0) is 24.3 Å². The molecule has 3 heteroatoms. The molecule has 98 valence electrons. The summed E-state index contributed by atoms with van der Waals surface area (Å²) in [5, 5.41) is 9.34. The van der Waals surface area contributed by atoms with Gasteiger partial charge in [-0.2, -0.15) is 0 Å². The van der Waals surface area contributed by atoms with E-state index in [0.29, 0.717) is 6.10 Å². The van der Waals surface area contributed by atoms with E-state index in [9.17, 15) is 5.11 Å². The lowest BCUT2D eigenvalue weighted by molar-refractivity contribution is -0.112.